The lowest BCUT2D eigenvalue weighted by Crippen LogP contribution is -2.30. The summed E-state index contributed by atoms with van der Waals surface area (Å²) >= 11 is 4.14. The minimum Gasteiger partial charge on any atom is -0.272 e. The van der Waals surface area contributed by atoms with Crippen LogP contribution < -0.4 is 5.84 Å². The molecule has 0 aromatic heterocycles. The maximum absolute atomic E-state index is 11.3. The van der Waals surface area contributed by atoms with Crippen LogP contribution in [0.25, 0.3) is 0 Å². The molecule has 0 saturated heterocycles. The van der Waals surface area contributed by atoms with E-state index in [1.165, 1.54) is 5.01 Å². The molecule has 62 valence electrons. The van der Waals surface area contributed by atoms with E-state index in [0.717, 1.165) is 10.5 Å². The molecule has 1 aromatic carbocycles. The van der Waals surface area contributed by atoms with Crippen LogP contribution in [0, 0.1) is 0 Å². The lowest BCUT2D eigenvalue weighted by atomic mass is 10.1. The molecular formula is C8H8N2OS. The molecule has 1 heterocycles. The van der Waals surface area contributed by atoms with Gasteiger partial charge in [0.1, 0.15) is 0 Å². The van der Waals surface area contributed by atoms with Crippen LogP contribution in [0.5, 0.6) is 0 Å². The molecule has 0 saturated carbocycles. The van der Waals surface area contributed by atoms with Gasteiger partial charge in [0, 0.05) is 10.5 Å². The highest BCUT2D eigenvalue weighted by Gasteiger charge is 2.24. The van der Waals surface area contributed by atoms with Gasteiger partial charge in [-0.05, 0) is 17.7 Å². The smallest absolute Gasteiger partial charge is 0.268 e. The topological polar surface area (TPSA) is 46.3 Å². The minimum atomic E-state index is -0.124. The van der Waals surface area contributed by atoms with E-state index >= 15 is 0 Å². The van der Waals surface area contributed by atoms with E-state index in [9.17, 15) is 4.79 Å². The highest BCUT2D eigenvalue weighted by molar-refractivity contribution is 7.80. The molecule has 0 fully saturated rings. The van der Waals surface area contributed by atoms with Gasteiger partial charge in [-0.3, -0.25) is 9.80 Å². The van der Waals surface area contributed by atoms with Crippen LogP contribution in [-0.4, -0.2) is 10.9 Å². The molecule has 0 aliphatic carbocycles. The summed E-state index contributed by atoms with van der Waals surface area (Å²) in [6.45, 7) is 0.502. The van der Waals surface area contributed by atoms with Crippen molar-refractivity contribution in [2.75, 3.05) is 0 Å². The molecule has 1 aliphatic rings. The molecule has 2 rings (SSSR count). The zero-order chi connectivity index (χ0) is 8.72. The van der Waals surface area contributed by atoms with Crippen molar-refractivity contribution in [2.45, 2.75) is 11.4 Å². The number of carbonyl (C=O) groups excluding carboxylic acids is 1. The third kappa shape index (κ3) is 1.00. The monoisotopic (exact) mass is 180 g/mol. The highest BCUT2D eigenvalue weighted by Crippen LogP contribution is 2.22. The largest absolute Gasteiger partial charge is 0.272 e. The van der Waals surface area contributed by atoms with E-state index in [1.54, 1.807) is 6.07 Å². The fraction of sp³-hybridized carbons (Fsp3) is 0.125. The fourth-order valence-electron chi connectivity index (χ4n) is 1.31. The SMILES string of the molecule is NN1Cc2ccc(S)cc2C1=O. The van der Waals surface area contributed by atoms with Gasteiger partial charge in [0.15, 0.2) is 0 Å². The van der Waals surface area contributed by atoms with Gasteiger partial charge >= 0.3 is 0 Å². The number of fused-ring (bicyclic) bond motifs is 1. The Kier molecular flexibility index (Phi) is 1.59. The maximum atomic E-state index is 11.3. The lowest BCUT2D eigenvalue weighted by molar-refractivity contribution is 0.0778. The predicted molar refractivity (Wildman–Crippen MR) is 47.8 cm³/mol. The van der Waals surface area contributed by atoms with Crippen LogP contribution in [0.1, 0.15) is 15.9 Å². The first-order valence-corrected chi connectivity index (χ1v) is 4.01. The zero-order valence-electron chi connectivity index (χ0n) is 6.32. The van der Waals surface area contributed by atoms with Crippen LogP contribution in [-0.2, 0) is 6.54 Å². The first-order chi connectivity index (χ1) is 5.68. The highest BCUT2D eigenvalue weighted by atomic mass is 32.1. The van der Waals surface area contributed by atoms with E-state index in [-0.39, 0.29) is 5.91 Å². The molecule has 1 aliphatic heterocycles. The number of hydrogen-bond acceptors (Lipinski definition) is 3. The summed E-state index contributed by atoms with van der Waals surface area (Å²) in [5.41, 5.74) is 1.64. The number of nitrogens with two attached hydrogens (primary N) is 1. The predicted octanol–water partition coefficient (Wildman–Crippen LogP) is 0.805. The normalized spacial score (nSPS) is 15.2. The van der Waals surface area contributed by atoms with Crippen LogP contribution >= 0.6 is 12.6 Å². The first-order valence-electron chi connectivity index (χ1n) is 3.57. The Morgan fingerprint density at radius 2 is 2.25 bits per heavy atom. The number of benzene rings is 1. The molecule has 0 radical (unpaired) electrons. The summed E-state index contributed by atoms with van der Waals surface area (Å²) in [6, 6.07) is 5.48. The van der Waals surface area contributed by atoms with Crippen molar-refractivity contribution in [3.05, 3.63) is 29.3 Å². The Morgan fingerprint density at radius 1 is 1.50 bits per heavy atom. The average Bonchev–Trinajstić information content (AvgIpc) is 2.31. The van der Waals surface area contributed by atoms with Crippen molar-refractivity contribution in [3.63, 3.8) is 0 Å². The summed E-state index contributed by atoms with van der Waals surface area (Å²) in [5.74, 6) is 5.31. The quantitative estimate of drug-likeness (QED) is 0.352. The van der Waals surface area contributed by atoms with E-state index in [4.69, 9.17) is 5.84 Å². The van der Waals surface area contributed by atoms with Crippen LogP contribution in [0.3, 0.4) is 0 Å². The summed E-state index contributed by atoms with van der Waals surface area (Å²) in [6.07, 6.45) is 0. The van der Waals surface area contributed by atoms with Gasteiger partial charge < -0.3 is 0 Å². The molecular weight excluding hydrogens is 172 g/mol. The number of rotatable bonds is 0. The van der Waals surface area contributed by atoms with Gasteiger partial charge in [-0.15, -0.1) is 12.6 Å². The fourth-order valence-corrected chi connectivity index (χ4v) is 1.52. The second-order valence-electron chi connectivity index (χ2n) is 2.77. The minimum absolute atomic E-state index is 0.124. The third-order valence-corrected chi connectivity index (χ3v) is 2.20. The summed E-state index contributed by atoms with van der Waals surface area (Å²) in [7, 11) is 0. The van der Waals surface area contributed by atoms with Crippen molar-refractivity contribution < 1.29 is 4.79 Å². The maximum Gasteiger partial charge on any atom is 0.268 e. The van der Waals surface area contributed by atoms with Crippen molar-refractivity contribution in [1.82, 2.24) is 5.01 Å². The summed E-state index contributed by atoms with van der Waals surface area (Å²) in [5, 5.41) is 1.21. The zero-order valence-corrected chi connectivity index (χ0v) is 7.21. The van der Waals surface area contributed by atoms with Crippen molar-refractivity contribution >= 4 is 18.5 Å². The van der Waals surface area contributed by atoms with Crippen LogP contribution in [0.15, 0.2) is 23.1 Å². The molecule has 2 N–H and O–H groups in total. The molecule has 4 heteroatoms. The number of nitrogens with zero attached hydrogens (tertiary/aromatic N) is 1. The summed E-state index contributed by atoms with van der Waals surface area (Å²) < 4.78 is 0. The van der Waals surface area contributed by atoms with E-state index in [0.29, 0.717) is 12.1 Å². The molecule has 0 unspecified atom stereocenters. The van der Waals surface area contributed by atoms with Gasteiger partial charge in [-0.25, -0.2) is 5.84 Å². The summed E-state index contributed by atoms with van der Waals surface area (Å²) in [4.78, 5) is 12.1. The lowest BCUT2D eigenvalue weighted by Gasteiger charge is -2.04. The third-order valence-electron chi connectivity index (χ3n) is 1.93. The first kappa shape index (κ1) is 7.64. The number of carbonyl (C=O) groups is 1. The van der Waals surface area contributed by atoms with Crippen molar-refractivity contribution in [2.24, 2.45) is 5.84 Å². The molecule has 0 bridgehead atoms. The molecule has 3 nitrogen and oxygen atoms in total. The van der Waals surface area contributed by atoms with E-state index in [1.807, 2.05) is 12.1 Å². The van der Waals surface area contributed by atoms with Gasteiger partial charge in [-0.2, -0.15) is 0 Å². The number of amides is 1. The van der Waals surface area contributed by atoms with Crippen LogP contribution in [0.2, 0.25) is 0 Å². The van der Waals surface area contributed by atoms with Crippen molar-refractivity contribution in [3.8, 4) is 0 Å². The second-order valence-corrected chi connectivity index (χ2v) is 3.29. The molecule has 0 atom stereocenters. The molecule has 1 aromatic rings. The van der Waals surface area contributed by atoms with Gasteiger partial charge in [0.25, 0.3) is 5.91 Å². The van der Waals surface area contributed by atoms with Crippen LogP contribution in [0.4, 0.5) is 0 Å². The molecule has 12 heavy (non-hydrogen) atoms. The van der Waals surface area contributed by atoms with E-state index < -0.39 is 0 Å². The Bertz CT molecular complexity index is 351. The molecule has 0 spiro atoms. The molecule has 1 amide bonds. The van der Waals surface area contributed by atoms with Crippen molar-refractivity contribution in [1.29, 1.82) is 0 Å². The van der Waals surface area contributed by atoms with E-state index in [2.05, 4.69) is 12.6 Å². The number of thiol groups is 1. The number of hydrogen-bond donors (Lipinski definition) is 2. The Balaban J connectivity index is 2.56. The number of hydrazine groups is 1. The Morgan fingerprint density at radius 3 is 3.00 bits per heavy atom. The average molecular weight is 180 g/mol. The Labute approximate surface area is 75.5 Å². The van der Waals surface area contributed by atoms with Gasteiger partial charge in [-0.1, -0.05) is 6.07 Å². The van der Waals surface area contributed by atoms with Gasteiger partial charge in [0.05, 0.1) is 6.54 Å². The standard InChI is InChI=1S/C8H8N2OS/c9-10-4-5-1-2-6(12)3-7(5)8(10)11/h1-3,12H,4,9H2. The van der Waals surface area contributed by atoms with Gasteiger partial charge in [0.2, 0.25) is 0 Å². The second kappa shape index (κ2) is 2.50. The Hall–Kier alpha value is -1.00.